The Hall–Kier alpha value is -2.10. The van der Waals surface area contributed by atoms with Crippen molar-refractivity contribution in [2.45, 2.75) is 40.0 Å². The molecule has 3 heteroatoms. The molecule has 0 saturated heterocycles. The predicted molar refractivity (Wildman–Crippen MR) is 132 cm³/mol. The first kappa shape index (κ1) is 21.6. The van der Waals surface area contributed by atoms with Crippen LogP contribution in [0.2, 0.25) is 0 Å². The topological polar surface area (TPSA) is 9.23 Å². The summed E-state index contributed by atoms with van der Waals surface area (Å²) in [6.07, 6.45) is 1.08. The van der Waals surface area contributed by atoms with Crippen molar-refractivity contribution in [3.05, 3.63) is 94.5 Å². The van der Waals surface area contributed by atoms with Crippen LogP contribution in [0.4, 0.5) is 0 Å². The largest absolute Gasteiger partial charge is 0.457 e. The first-order valence-electron chi connectivity index (χ1n) is 9.97. The summed E-state index contributed by atoms with van der Waals surface area (Å²) in [6, 6.07) is 22.7. The third-order valence-electron chi connectivity index (χ3n) is 5.42. The highest BCUT2D eigenvalue weighted by Gasteiger charge is 2.15. The van der Waals surface area contributed by atoms with Gasteiger partial charge in [0.15, 0.2) is 0 Å². The monoisotopic (exact) mass is 420 g/mol. The molecular formula is C26H28OS2. The summed E-state index contributed by atoms with van der Waals surface area (Å²) in [5.74, 6) is 2.07. The van der Waals surface area contributed by atoms with Gasteiger partial charge in [-0.15, -0.1) is 25.3 Å². The van der Waals surface area contributed by atoms with E-state index < -0.39 is 0 Å². The Morgan fingerprint density at radius 1 is 0.862 bits per heavy atom. The predicted octanol–water partition coefficient (Wildman–Crippen LogP) is 8.29. The quantitative estimate of drug-likeness (QED) is 0.301. The highest BCUT2D eigenvalue weighted by atomic mass is 32.1. The van der Waals surface area contributed by atoms with E-state index >= 15 is 0 Å². The van der Waals surface area contributed by atoms with Crippen LogP contribution in [0, 0.1) is 13.8 Å². The first-order valence-corrected chi connectivity index (χ1v) is 10.9. The molecule has 0 saturated carbocycles. The van der Waals surface area contributed by atoms with Gasteiger partial charge in [-0.25, -0.2) is 0 Å². The summed E-state index contributed by atoms with van der Waals surface area (Å²) in [6.45, 7) is 8.65. The van der Waals surface area contributed by atoms with Crippen molar-refractivity contribution in [1.29, 1.82) is 0 Å². The van der Waals surface area contributed by atoms with Gasteiger partial charge in [-0.1, -0.05) is 56.3 Å². The number of benzene rings is 3. The van der Waals surface area contributed by atoms with Gasteiger partial charge in [-0.05, 0) is 72.7 Å². The minimum Gasteiger partial charge on any atom is -0.457 e. The standard InChI is InChI=1S/C26H28OS2/c1-5-17(2)21-12-14-24(27-22-13-11-18(3)19(4)15-22)23(16-21)26(29)25(28)20-9-7-6-8-10-20/h6-17,28-29H,5H2,1-4H3/b26-25-. The minimum absolute atomic E-state index is 0.464. The summed E-state index contributed by atoms with van der Waals surface area (Å²) in [5, 5.41) is 0. The van der Waals surface area contributed by atoms with Crippen molar-refractivity contribution in [2.24, 2.45) is 0 Å². The van der Waals surface area contributed by atoms with Gasteiger partial charge in [0.25, 0.3) is 0 Å². The van der Waals surface area contributed by atoms with E-state index in [-0.39, 0.29) is 0 Å². The fourth-order valence-electron chi connectivity index (χ4n) is 3.13. The number of hydrogen-bond donors (Lipinski definition) is 2. The molecule has 0 aliphatic rings. The SMILES string of the molecule is CCC(C)c1ccc(Oc2ccc(C)c(C)c2)c(/C(S)=C(/S)c2ccccc2)c1. The van der Waals surface area contributed by atoms with Crippen LogP contribution in [-0.2, 0) is 0 Å². The Labute approximate surface area is 185 Å². The van der Waals surface area contributed by atoms with Crippen molar-refractivity contribution >= 4 is 35.1 Å². The molecule has 1 atom stereocenters. The summed E-state index contributed by atoms with van der Waals surface area (Å²) in [7, 11) is 0. The van der Waals surface area contributed by atoms with Crippen molar-refractivity contribution in [3.8, 4) is 11.5 Å². The molecule has 1 nitrogen and oxygen atoms in total. The van der Waals surface area contributed by atoms with Crippen molar-refractivity contribution in [1.82, 2.24) is 0 Å². The number of thiol groups is 2. The zero-order chi connectivity index (χ0) is 21.0. The Bertz CT molecular complexity index is 1020. The molecule has 0 aliphatic carbocycles. The number of hydrogen-bond acceptors (Lipinski definition) is 3. The van der Waals surface area contributed by atoms with E-state index in [0.29, 0.717) is 5.92 Å². The molecule has 0 amide bonds. The van der Waals surface area contributed by atoms with Crippen molar-refractivity contribution < 1.29 is 4.74 Å². The third-order valence-corrected chi connectivity index (χ3v) is 6.54. The second-order valence-electron chi connectivity index (χ2n) is 7.48. The fraction of sp³-hybridized carbons (Fsp3) is 0.231. The molecule has 0 N–H and O–H groups in total. The van der Waals surface area contributed by atoms with E-state index in [1.807, 2.05) is 42.5 Å². The smallest absolute Gasteiger partial charge is 0.135 e. The van der Waals surface area contributed by atoms with E-state index in [2.05, 4.69) is 52.0 Å². The fourth-order valence-corrected chi connectivity index (χ4v) is 3.70. The van der Waals surface area contributed by atoms with Crippen LogP contribution in [0.25, 0.3) is 9.81 Å². The molecule has 3 aromatic carbocycles. The van der Waals surface area contributed by atoms with Gasteiger partial charge >= 0.3 is 0 Å². The molecule has 0 aliphatic heterocycles. The maximum absolute atomic E-state index is 6.30. The Kier molecular flexibility index (Phi) is 7.15. The second-order valence-corrected chi connectivity index (χ2v) is 8.37. The van der Waals surface area contributed by atoms with Crippen LogP contribution in [0.5, 0.6) is 11.5 Å². The lowest BCUT2D eigenvalue weighted by molar-refractivity contribution is 0.480. The van der Waals surface area contributed by atoms with E-state index in [9.17, 15) is 0 Å². The van der Waals surface area contributed by atoms with Crippen LogP contribution in [0.1, 0.15) is 54.0 Å². The number of rotatable bonds is 6. The van der Waals surface area contributed by atoms with Crippen LogP contribution in [-0.4, -0.2) is 0 Å². The van der Waals surface area contributed by atoms with Gasteiger partial charge in [0.1, 0.15) is 11.5 Å². The lowest BCUT2D eigenvalue weighted by atomic mass is 9.96. The van der Waals surface area contributed by atoms with E-state index in [1.54, 1.807) is 0 Å². The third kappa shape index (κ3) is 5.09. The van der Waals surface area contributed by atoms with Crippen LogP contribution in [0.3, 0.4) is 0 Å². The Morgan fingerprint density at radius 3 is 2.24 bits per heavy atom. The van der Waals surface area contributed by atoms with Gasteiger partial charge in [-0.3, -0.25) is 0 Å². The molecule has 1 unspecified atom stereocenters. The Balaban J connectivity index is 2.10. The average molecular weight is 421 g/mol. The van der Waals surface area contributed by atoms with E-state index in [4.69, 9.17) is 30.0 Å². The highest BCUT2D eigenvalue weighted by molar-refractivity contribution is 7.96. The van der Waals surface area contributed by atoms with Gasteiger partial charge in [0.05, 0.1) is 0 Å². The molecule has 0 aromatic heterocycles. The molecule has 0 radical (unpaired) electrons. The van der Waals surface area contributed by atoms with Crippen LogP contribution >= 0.6 is 25.3 Å². The van der Waals surface area contributed by atoms with Gasteiger partial charge in [-0.2, -0.15) is 0 Å². The molecule has 0 bridgehead atoms. The average Bonchev–Trinajstić information content (AvgIpc) is 2.75. The molecule has 3 rings (SSSR count). The summed E-state index contributed by atoms with van der Waals surface area (Å²) < 4.78 is 6.30. The summed E-state index contributed by atoms with van der Waals surface area (Å²) in [5.41, 5.74) is 5.73. The lowest BCUT2D eigenvalue weighted by Crippen LogP contribution is -1.97. The molecule has 3 aromatic rings. The van der Waals surface area contributed by atoms with E-state index in [0.717, 1.165) is 38.9 Å². The van der Waals surface area contributed by atoms with Crippen LogP contribution < -0.4 is 4.74 Å². The molecule has 0 spiro atoms. The zero-order valence-corrected chi connectivity index (χ0v) is 19.2. The Morgan fingerprint density at radius 2 is 1.59 bits per heavy atom. The zero-order valence-electron chi connectivity index (χ0n) is 17.4. The lowest BCUT2D eigenvalue weighted by Gasteiger charge is -2.17. The molecular weight excluding hydrogens is 392 g/mol. The second kappa shape index (κ2) is 9.60. The maximum atomic E-state index is 6.30. The maximum Gasteiger partial charge on any atom is 0.135 e. The highest BCUT2D eigenvalue weighted by Crippen LogP contribution is 2.40. The number of aryl methyl sites for hydroxylation is 2. The molecule has 0 heterocycles. The van der Waals surface area contributed by atoms with Gasteiger partial charge < -0.3 is 4.74 Å². The molecule has 150 valence electrons. The van der Waals surface area contributed by atoms with Crippen LogP contribution in [0.15, 0.2) is 66.7 Å². The van der Waals surface area contributed by atoms with E-state index in [1.165, 1.54) is 16.7 Å². The number of ether oxygens (including phenoxy) is 1. The molecule has 0 fully saturated rings. The van der Waals surface area contributed by atoms with Gasteiger partial charge in [0, 0.05) is 15.4 Å². The first-order chi connectivity index (χ1) is 13.9. The normalized spacial score (nSPS) is 13.0. The van der Waals surface area contributed by atoms with Gasteiger partial charge in [0.2, 0.25) is 0 Å². The summed E-state index contributed by atoms with van der Waals surface area (Å²) in [4.78, 5) is 1.64. The van der Waals surface area contributed by atoms with Crippen molar-refractivity contribution in [2.75, 3.05) is 0 Å². The van der Waals surface area contributed by atoms with Crippen molar-refractivity contribution in [3.63, 3.8) is 0 Å². The minimum atomic E-state index is 0.464. The summed E-state index contributed by atoms with van der Waals surface area (Å²) >= 11 is 9.65. The molecule has 29 heavy (non-hydrogen) atoms.